The Hall–Kier alpha value is -1.55. The van der Waals surface area contributed by atoms with Crippen LogP contribution in [0.5, 0.6) is 0 Å². The van der Waals surface area contributed by atoms with Gasteiger partial charge in [0.1, 0.15) is 12.1 Å². The number of unbranched alkanes of at least 4 members (excludes halogenated alkanes) is 32. The maximum Gasteiger partial charge on any atom is 0.472 e. The van der Waals surface area contributed by atoms with Gasteiger partial charge in [0.25, 0.3) is 0 Å². The molecule has 0 aliphatic rings. The molecule has 62 heavy (non-hydrogen) atoms. The summed E-state index contributed by atoms with van der Waals surface area (Å²) in [6.45, 7) is 3.92. The van der Waals surface area contributed by atoms with Crippen molar-refractivity contribution < 1.29 is 42.7 Å². The Bertz CT molecular complexity index is 1090. The molecule has 0 fully saturated rings. The SMILES string of the molecule is CCCCCCC/C=C\C/C=C\CCCCCCCCCCCCCCOCC(COP(=O)(O)OCC(N)C(=O)O)OC(=O)CCCCCCCCCCCCCCCCCC. The molecule has 0 aliphatic carbocycles. The van der Waals surface area contributed by atoms with Gasteiger partial charge >= 0.3 is 19.8 Å². The molecule has 0 aromatic rings. The predicted octanol–water partition coefficient (Wildman–Crippen LogP) is 15.0. The molecule has 0 spiro atoms. The molecule has 0 amide bonds. The summed E-state index contributed by atoms with van der Waals surface area (Å²) in [6.07, 6.45) is 53.8. The van der Waals surface area contributed by atoms with Gasteiger partial charge in [-0.25, -0.2) is 4.57 Å². The van der Waals surface area contributed by atoms with Crippen molar-refractivity contribution in [2.75, 3.05) is 26.4 Å². The van der Waals surface area contributed by atoms with Crippen LogP contribution in [0.4, 0.5) is 0 Å². The van der Waals surface area contributed by atoms with Crippen molar-refractivity contribution in [1.29, 1.82) is 0 Å². The molecule has 3 atom stereocenters. The van der Waals surface area contributed by atoms with E-state index in [1.54, 1.807) is 0 Å². The zero-order valence-electron chi connectivity index (χ0n) is 40.2. The molecule has 366 valence electrons. The molecule has 0 radical (unpaired) electrons. The third-order valence-electron chi connectivity index (χ3n) is 11.5. The average molecular weight is 900 g/mol. The average Bonchev–Trinajstić information content (AvgIpc) is 3.25. The van der Waals surface area contributed by atoms with Gasteiger partial charge in [0.15, 0.2) is 0 Å². The van der Waals surface area contributed by atoms with E-state index in [4.69, 9.17) is 29.4 Å². The van der Waals surface area contributed by atoms with E-state index in [0.717, 1.165) is 44.9 Å². The van der Waals surface area contributed by atoms with Crippen LogP contribution in [0.1, 0.15) is 251 Å². The number of allylic oxidation sites excluding steroid dienone is 4. The van der Waals surface area contributed by atoms with Crippen molar-refractivity contribution in [3.8, 4) is 0 Å². The second-order valence-electron chi connectivity index (χ2n) is 17.7. The van der Waals surface area contributed by atoms with Gasteiger partial charge in [0.2, 0.25) is 0 Å². The summed E-state index contributed by atoms with van der Waals surface area (Å²) in [6, 6.07) is -1.47. The third-order valence-corrected chi connectivity index (χ3v) is 12.4. The van der Waals surface area contributed by atoms with Crippen molar-refractivity contribution in [3.05, 3.63) is 24.3 Å². The van der Waals surface area contributed by atoms with Crippen molar-refractivity contribution in [2.45, 2.75) is 264 Å². The summed E-state index contributed by atoms with van der Waals surface area (Å²) >= 11 is 0. The van der Waals surface area contributed by atoms with E-state index in [9.17, 15) is 19.0 Å². The number of esters is 1. The Labute approximate surface area is 381 Å². The molecule has 0 aliphatic heterocycles. The number of hydrogen-bond acceptors (Lipinski definition) is 8. The molecule has 0 rings (SSSR count). The van der Waals surface area contributed by atoms with Crippen LogP contribution in [0.2, 0.25) is 0 Å². The summed E-state index contributed by atoms with van der Waals surface area (Å²) in [7, 11) is -4.62. The van der Waals surface area contributed by atoms with E-state index in [1.165, 1.54) is 186 Å². The minimum Gasteiger partial charge on any atom is -0.480 e. The number of ether oxygens (including phenoxy) is 2. The van der Waals surface area contributed by atoms with E-state index >= 15 is 0 Å². The summed E-state index contributed by atoms with van der Waals surface area (Å²) in [4.78, 5) is 33.7. The van der Waals surface area contributed by atoms with E-state index in [0.29, 0.717) is 6.61 Å². The molecule has 4 N–H and O–H groups in total. The van der Waals surface area contributed by atoms with Crippen molar-refractivity contribution in [1.82, 2.24) is 0 Å². The van der Waals surface area contributed by atoms with Crippen molar-refractivity contribution in [3.63, 3.8) is 0 Å². The van der Waals surface area contributed by atoms with Gasteiger partial charge in [0.05, 0.1) is 19.8 Å². The van der Waals surface area contributed by atoms with Crippen LogP contribution < -0.4 is 5.73 Å². The number of carbonyl (C=O) groups excluding carboxylic acids is 1. The first-order valence-electron chi connectivity index (χ1n) is 25.9. The monoisotopic (exact) mass is 900 g/mol. The minimum atomic E-state index is -4.62. The van der Waals surface area contributed by atoms with Crippen LogP contribution in [0, 0.1) is 0 Å². The topological polar surface area (TPSA) is 155 Å². The minimum absolute atomic E-state index is 0.0208. The quantitative estimate of drug-likeness (QED) is 0.0233. The van der Waals surface area contributed by atoms with Gasteiger partial charge in [-0.2, -0.15) is 0 Å². The second-order valence-corrected chi connectivity index (χ2v) is 19.1. The Morgan fingerprint density at radius 1 is 0.516 bits per heavy atom. The second kappa shape index (κ2) is 47.4. The van der Waals surface area contributed by atoms with Crippen LogP contribution in [0.3, 0.4) is 0 Å². The van der Waals surface area contributed by atoms with Gasteiger partial charge in [-0.3, -0.25) is 18.6 Å². The van der Waals surface area contributed by atoms with Crippen LogP contribution >= 0.6 is 7.82 Å². The van der Waals surface area contributed by atoms with Crippen LogP contribution in [-0.4, -0.2) is 60.5 Å². The smallest absolute Gasteiger partial charge is 0.472 e. The summed E-state index contributed by atoms with van der Waals surface area (Å²) in [5, 5.41) is 8.93. The van der Waals surface area contributed by atoms with Crippen LogP contribution in [0.15, 0.2) is 24.3 Å². The number of carboxylic acid groups (broad SMARTS) is 1. The highest BCUT2D eigenvalue weighted by Crippen LogP contribution is 2.43. The first kappa shape index (κ1) is 60.5. The molecular weight excluding hydrogens is 802 g/mol. The lowest BCUT2D eigenvalue weighted by atomic mass is 10.0. The third kappa shape index (κ3) is 46.4. The number of hydrogen-bond donors (Lipinski definition) is 3. The van der Waals surface area contributed by atoms with Crippen molar-refractivity contribution >= 4 is 19.8 Å². The van der Waals surface area contributed by atoms with Crippen LogP contribution in [-0.2, 0) is 32.7 Å². The first-order chi connectivity index (χ1) is 30.2. The van der Waals surface area contributed by atoms with Gasteiger partial charge < -0.3 is 25.2 Å². The largest absolute Gasteiger partial charge is 0.480 e. The number of phosphoric acid groups is 1. The lowest BCUT2D eigenvalue weighted by Gasteiger charge is -2.20. The molecule has 0 heterocycles. The molecule has 0 saturated carbocycles. The molecule has 0 saturated heterocycles. The standard InChI is InChI=1S/C51H98NO9P/c1-3-5-7-9-11-13-15-17-19-21-22-23-24-25-26-27-28-30-32-34-36-38-40-42-44-58-45-48(46-59-62(56,57)60-47-49(52)51(54)55)61-50(53)43-41-39-37-35-33-31-29-20-18-16-14-12-10-8-6-4-2/h15,17,21-22,48-49H,3-14,16,18-20,23-47,52H2,1-2H3,(H,54,55)(H,56,57)/b17-15-,22-21-. The molecule has 0 aromatic carbocycles. The fraction of sp³-hybridized carbons (Fsp3) is 0.882. The summed E-state index contributed by atoms with van der Waals surface area (Å²) in [5.74, 6) is -1.77. The fourth-order valence-electron chi connectivity index (χ4n) is 7.46. The maximum atomic E-state index is 12.7. The Balaban J connectivity index is 4.08. The summed E-state index contributed by atoms with van der Waals surface area (Å²) in [5.41, 5.74) is 5.37. The number of phosphoric ester groups is 1. The number of aliphatic carboxylic acids is 1. The van der Waals surface area contributed by atoms with Crippen LogP contribution in [0.25, 0.3) is 0 Å². The van der Waals surface area contributed by atoms with E-state index in [-0.39, 0.29) is 13.0 Å². The van der Waals surface area contributed by atoms with Gasteiger partial charge in [-0.1, -0.05) is 224 Å². The highest BCUT2D eigenvalue weighted by atomic mass is 31.2. The Morgan fingerprint density at radius 3 is 1.31 bits per heavy atom. The maximum absolute atomic E-state index is 12.7. The number of nitrogens with two attached hydrogens (primary N) is 1. The van der Waals surface area contributed by atoms with E-state index < -0.39 is 45.1 Å². The number of carboxylic acids is 1. The lowest BCUT2D eigenvalue weighted by Crippen LogP contribution is -2.34. The molecule has 0 aromatic heterocycles. The number of carbonyl (C=O) groups is 2. The predicted molar refractivity (Wildman–Crippen MR) is 258 cm³/mol. The molecule has 11 heteroatoms. The zero-order valence-corrected chi connectivity index (χ0v) is 41.1. The molecular formula is C51H98NO9P. The first-order valence-corrected chi connectivity index (χ1v) is 27.4. The van der Waals surface area contributed by atoms with Gasteiger partial charge in [-0.05, 0) is 44.9 Å². The molecule has 10 nitrogen and oxygen atoms in total. The normalized spacial score (nSPS) is 13.9. The Morgan fingerprint density at radius 2 is 0.887 bits per heavy atom. The summed E-state index contributed by atoms with van der Waals surface area (Å²) < 4.78 is 33.5. The Kier molecular flexibility index (Phi) is 46.2. The van der Waals surface area contributed by atoms with Gasteiger partial charge in [-0.15, -0.1) is 0 Å². The lowest BCUT2D eigenvalue weighted by molar-refractivity contribution is -0.154. The highest BCUT2D eigenvalue weighted by molar-refractivity contribution is 7.47. The molecule has 0 bridgehead atoms. The fourth-order valence-corrected chi connectivity index (χ4v) is 8.24. The van der Waals surface area contributed by atoms with E-state index in [1.807, 2.05) is 0 Å². The van der Waals surface area contributed by atoms with E-state index in [2.05, 4.69) is 38.2 Å². The molecule has 3 unspecified atom stereocenters. The zero-order chi connectivity index (χ0) is 45.5. The van der Waals surface area contributed by atoms with Gasteiger partial charge in [0, 0.05) is 13.0 Å². The highest BCUT2D eigenvalue weighted by Gasteiger charge is 2.27. The van der Waals surface area contributed by atoms with Crippen molar-refractivity contribution in [2.24, 2.45) is 5.73 Å². The number of rotatable bonds is 50.